The number of anilines is 1. The Morgan fingerprint density at radius 2 is 1.88 bits per heavy atom. The fourth-order valence-electron chi connectivity index (χ4n) is 3.42. The van der Waals surface area contributed by atoms with E-state index in [0.717, 1.165) is 25.3 Å². The summed E-state index contributed by atoms with van der Waals surface area (Å²) in [5, 5.41) is 2.99. The molecule has 25 heavy (non-hydrogen) atoms. The van der Waals surface area contributed by atoms with Gasteiger partial charge in [-0.05, 0) is 44.2 Å². The van der Waals surface area contributed by atoms with Gasteiger partial charge in [-0.25, -0.2) is 13.6 Å². The van der Waals surface area contributed by atoms with Crippen molar-refractivity contribution < 1.29 is 13.6 Å². The number of piperazine rings is 1. The lowest BCUT2D eigenvalue weighted by Crippen LogP contribution is -2.52. The van der Waals surface area contributed by atoms with Crippen LogP contribution in [-0.2, 0) is 0 Å². The summed E-state index contributed by atoms with van der Waals surface area (Å²) in [6, 6.07) is 3.89. The van der Waals surface area contributed by atoms with Crippen molar-refractivity contribution in [3.63, 3.8) is 0 Å². The highest BCUT2D eigenvalue weighted by atomic mass is 19.2. The first kappa shape index (κ1) is 17.7. The Balaban J connectivity index is 1.42. The highest BCUT2D eigenvalue weighted by molar-refractivity contribution is 5.74. The highest BCUT2D eigenvalue weighted by Crippen LogP contribution is 2.20. The number of rotatable bonds is 4. The molecule has 0 radical (unpaired) electrons. The van der Waals surface area contributed by atoms with Crippen molar-refractivity contribution in [1.29, 1.82) is 0 Å². The van der Waals surface area contributed by atoms with E-state index in [1.165, 1.54) is 24.5 Å². The molecule has 1 aliphatic carbocycles. The van der Waals surface area contributed by atoms with E-state index in [9.17, 15) is 13.6 Å². The Morgan fingerprint density at radius 3 is 2.56 bits per heavy atom. The van der Waals surface area contributed by atoms with E-state index < -0.39 is 11.6 Å². The first-order chi connectivity index (χ1) is 12.1. The minimum atomic E-state index is -0.838. The topological polar surface area (TPSA) is 35.6 Å². The third-order valence-corrected chi connectivity index (χ3v) is 4.94. The van der Waals surface area contributed by atoms with E-state index >= 15 is 0 Å². The van der Waals surface area contributed by atoms with Crippen molar-refractivity contribution in [2.24, 2.45) is 0 Å². The predicted octanol–water partition coefficient (Wildman–Crippen LogP) is 3.69. The van der Waals surface area contributed by atoms with Crippen molar-refractivity contribution in [2.45, 2.75) is 32.1 Å². The van der Waals surface area contributed by atoms with E-state index in [-0.39, 0.29) is 6.03 Å². The molecule has 4 nitrogen and oxygen atoms in total. The summed E-state index contributed by atoms with van der Waals surface area (Å²) in [7, 11) is 0. The quantitative estimate of drug-likeness (QED) is 0.842. The van der Waals surface area contributed by atoms with Gasteiger partial charge in [-0.1, -0.05) is 11.6 Å². The molecular weight excluding hydrogens is 324 g/mol. The van der Waals surface area contributed by atoms with E-state index in [1.807, 2.05) is 4.90 Å². The smallest absolute Gasteiger partial charge is 0.317 e. The average molecular weight is 349 g/mol. The zero-order chi connectivity index (χ0) is 17.6. The zero-order valence-corrected chi connectivity index (χ0v) is 14.4. The fraction of sp³-hybridized carbons (Fsp3) is 0.526. The molecule has 2 aliphatic rings. The minimum absolute atomic E-state index is 0.0404. The van der Waals surface area contributed by atoms with Gasteiger partial charge in [0.1, 0.15) is 0 Å². The number of allylic oxidation sites excluding steroid dienone is 1. The van der Waals surface area contributed by atoms with E-state index in [2.05, 4.69) is 11.4 Å². The SMILES string of the molecule is O=C(NCCC1=CCCCC1)N1CCN(c2ccc(F)c(F)c2)CC1. The number of carbonyl (C=O) groups excluding carboxylic acids is 1. The van der Waals surface area contributed by atoms with Crippen LogP contribution in [0.15, 0.2) is 29.8 Å². The maximum Gasteiger partial charge on any atom is 0.317 e. The second-order valence-corrected chi connectivity index (χ2v) is 6.66. The van der Waals surface area contributed by atoms with Crippen LogP contribution in [0.5, 0.6) is 0 Å². The summed E-state index contributed by atoms with van der Waals surface area (Å²) >= 11 is 0. The van der Waals surface area contributed by atoms with E-state index in [0.29, 0.717) is 38.4 Å². The second-order valence-electron chi connectivity index (χ2n) is 6.66. The molecule has 0 unspecified atom stereocenters. The molecule has 1 aliphatic heterocycles. The zero-order valence-electron chi connectivity index (χ0n) is 14.4. The molecule has 6 heteroatoms. The summed E-state index contributed by atoms with van der Waals surface area (Å²) < 4.78 is 26.4. The molecule has 136 valence electrons. The number of hydrogen-bond acceptors (Lipinski definition) is 2. The van der Waals surface area contributed by atoms with Gasteiger partial charge >= 0.3 is 6.03 Å². The lowest BCUT2D eigenvalue weighted by molar-refractivity contribution is 0.194. The van der Waals surface area contributed by atoms with E-state index in [4.69, 9.17) is 0 Å². The highest BCUT2D eigenvalue weighted by Gasteiger charge is 2.21. The molecule has 1 heterocycles. The van der Waals surface area contributed by atoms with Crippen LogP contribution in [0.1, 0.15) is 32.1 Å². The van der Waals surface area contributed by atoms with Crippen molar-refractivity contribution >= 4 is 11.7 Å². The number of amides is 2. The molecule has 0 saturated carbocycles. The number of nitrogens with one attached hydrogen (secondary N) is 1. The van der Waals surface area contributed by atoms with Crippen molar-refractivity contribution in [3.05, 3.63) is 41.5 Å². The molecule has 1 aromatic rings. The van der Waals surface area contributed by atoms with Crippen LogP contribution in [0.25, 0.3) is 0 Å². The lowest BCUT2D eigenvalue weighted by atomic mass is 9.97. The van der Waals surface area contributed by atoms with Gasteiger partial charge in [-0.3, -0.25) is 0 Å². The number of nitrogens with zero attached hydrogens (tertiary/aromatic N) is 2. The van der Waals surface area contributed by atoms with Crippen LogP contribution in [-0.4, -0.2) is 43.7 Å². The maximum absolute atomic E-state index is 13.4. The van der Waals surface area contributed by atoms with Crippen LogP contribution in [0.4, 0.5) is 19.3 Å². The van der Waals surface area contributed by atoms with Gasteiger partial charge in [0.25, 0.3) is 0 Å². The molecule has 1 fully saturated rings. The molecule has 3 rings (SSSR count). The van der Waals surface area contributed by atoms with Crippen LogP contribution >= 0.6 is 0 Å². The number of benzene rings is 1. The molecule has 1 N–H and O–H groups in total. The maximum atomic E-state index is 13.4. The summed E-state index contributed by atoms with van der Waals surface area (Å²) in [5.41, 5.74) is 2.11. The fourth-order valence-corrected chi connectivity index (χ4v) is 3.42. The Kier molecular flexibility index (Phi) is 5.89. The second kappa shape index (κ2) is 8.32. The Hall–Kier alpha value is -2.11. The summed E-state index contributed by atoms with van der Waals surface area (Å²) in [6.07, 6.45) is 8.08. The molecule has 1 aromatic carbocycles. The molecule has 0 bridgehead atoms. The first-order valence-corrected chi connectivity index (χ1v) is 9.04. The Morgan fingerprint density at radius 1 is 1.08 bits per heavy atom. The van der Waals surface area contributed by atoms with Gasteiger partial charge in [0.15, 0.2) is 11.6 Å². The molecule has 0 atom stereocenters. The molecule has 2 amide bonds. The summed E-state index contributed by atoms with van der Waals surface area (Å²) in [5.74, 6) is -1.68. The molecular formula is C19H25F2N3O. The van der Waals surface area contributed by atoms with Gasteiger partial charge in [-0.2, -0.15) is 0 Å². The molecule has 0 spiro atoms. The van der Waals surface area contributed by atoms with Crippen molar-refractivity contribution in [2.75, 3.05) is 37.6 Å². The summed E-state index contributed by atoms with van der Waals surface area (Å²) in [6.45, 7) is 3.06. The third-order valence-electron chi connectivity index (χ3n) is 4.94. The standard InChI is InChI=1S/C19H25F2N3O/c20-17-7-6-16(14-18(17)21)23-10-12-24(13-11-23)19(25)22-9-8-15-4-2-1-3-5-15/h4,6-7,14H,1-3,5,8-13H2,(H,22,25). The Labute approximate surface area is 147 Å². The van der Waals surface area contributed by atoms with Crippen LogP contribution in [0.3, 0.4) is 0 Å². The van der Waals surface area contributed by atoms with Gasteiger partial charge in [-0.15, -0.1) is 0 Å². The monoisotopic (exact) mass is 349 g/mol. The van der Waals surface area contributed by atoms with Gasteiger partial charge < -0.3 is 15.1 Å². The van der Waals surface area contributed by atoms with Crippen molar-refractivity contribution in [3.8, 4) is 0 Å². The predicted molar refractivity (Wildman–Crippen MR) is 94.7 cm³/mol. The van der Waals surface area contributed by atoms with Gasteiger partial charge in [0.2, 0.25) is 0 Å². The normalized spacial score (nSPS) is 18.1. The van der Waals surface area contributed by atoms with Gasteiger partial charge in [0.05, 0.1) is 0 Å². The van der Waals surface area contributed by atoms with Gasteiger partial charge in [0, 0.05) is 44.5 Å². The molecule has 0 aromatic heterocycles. The number of carbonyl (C=O) groups is 1. The summed E-state index contributed by atoms with van der Waals surface area (Å²) in [4.78, 5) is 16.0. The largest absolute Gasteiger partial charge is 0.368 e. The van der Waals surface area contributed by atoms with Crippen LogP contribution in [0.2, 0.25) is 0 Å². The van der Waals surface area contributed by atoms with Crippen LogP contribution < -0.4 is 10.2 Å². The van der Waals surface area contributed by atoms with Crippen molar-refractivity contribution in [1.82, 2.24) is 10.2 Å². The van der Waals surface area contributed by atoms with Crippen LogP contribution in [0, 0.1) is 11.6 Å². The number of halogens is 2. The average Bonchev–Trinajstić information content (AvgIpc) is 2.65. The lowest BCUT2D eigenvalue weighted by Gasteiger charge is -2.36. The number of hydrogen-bond donors (Lipinski definition) is 1. The first-order valence-electron chi connectivity index (χ1n) is 9.04. The Bertz CT molecular complexity index is 640. The molecule has 1 saturated heterocycles. The third kappa shape index (κ3) is 4.71. The van der Waals surface area contributed by atoms with E-state index in [1.54, 1.807) is 11.0 Å². The minimum Gasteiger partial charge on any atom is -0.368 e. The number of urea groups is 1.